The number of rotatable bonds is 1. The van der Waals surface area contributed by atoms with Crippen molar-refractivity contribution in [3.63, 3.8) is 0 Å². The van der Waals surface area contributed by atoms with Crippen molar-refractivity contribution in [2.24, 2.45) is 0 Å². The highest BCUT2D eigenvalue weighted by Gasteiger charge is 2.12. The van der Waals surface area contributed by atoms with Gasteiger partial charge in [0, 0.05) is 0 Å². The van der Waals surface area contributed by atoms with Gasteiger partial charge >= 0.3 is 0 Å². The van der Waals surface area contributed by atoms with E-state index in [0.29, 0.717) is 0 Å². The predicted molar refractivity (Wildman–Crippen MR) is 39.5 cm³/mol. The van der Waals surface area contributed by atoms with Crippen molar-refractivity contribution in [2.75, 3.05) is 13.6 Å². The molecule has 0 saturated carbocycles. The van der Waals surface area contributed by atoms with Gasteiger partial charge in [-0.15, -0.1) is 0 Å². The Morgan fingerprint density at radius 2 is 2.20 bits per heavy atom. The van der Waals surface area contributed by atoms with Crippen LogP contribution in [-0.2, 0) is 0 Å². The molecule has 0 aromatic carbocycles. The lowest BCUT2D eigenvalue weighted by Crippen LogP contribution is -3.00. The molecule has 1 heterocycles. The molecule has 1 atom stereocenters. The zero-order valence-electron chi connectivity index (χ0n) is 6.13. The number of quaternary nitrogens is 1. The van der Waals surface area contributed by atoms with Gasteiger partial charge in [0.25, 0.3) is 0 Å². The molecule has 0 aliphatic carbocycles. The third-order valence-electron chi connectivity index (χ3n) is 1.59. The van der Waals surface area contributed by atoms with E-state index in [1.54, 1.807) is 0 Å². The van der Waals surface area contributed by atoms with Crippen LogP contribution in [0.25, 0.3) is 0 Å². The molecule has 0 radical (unpaired) electrons. The van der Waals surface area contributed by atoms with Crippen LogP contribution in [0.2, 0.25) is 0 Å². The van der Waals surface area contributed by atoms with Crippen LogP contribution in [0.3, 0.4) is 0 Å². The van der Waals surface area contributed by atoms with Crippen LogP contribution in [0, 0.1) is 0 Å². The summed E-state index contributed by atoms with van der Waals surface area (Å²) >= 11 is 0. The van der Waals surface area contributed by atoms with Crippen LogP contribution in [-0.4, -0.2) is 18.1 Å². The molecule has 1 rings (SSSR count). The number of allylic oxidation sites excluding steroid dienone is 2. The number of nitrogens with zero attached hydrogens (tertiary/aromatic N) is 1. The van der Waals surface area contributed by atoms with E-state index in [1.807, 2.05) is 12.3 Å². The minimum absolute atomic E-state index is 0. The first-order valence-electron chi connectivity index (χ1n) is 3.10. The molecule has 0 fully saturated rings. The summed E-state index contributed by atoms with van der Waals surface area (Å²) in [5.41, 5.74) is 0. The largest absolute Gasteiger partial charge is 1.00 e. The van der Waals surface area contributed by atoms with Crippen LogP contribution in [0.4, 0.5) is 0 Å². The summed E-state index contributed by atoms with van der Waals surface area (Å²) < 4.78 is 0.816. The fourth-order valence-electron chi connectivity index (χ4n) is 0.809. The maximum Gasteiger partial charge on any atom is 0.106 e. The number of likely N-dealkylation sites (N-methyl/N-ethyl adjacent to an activating group) is 1. The first kappa shape index (κ1) is 9.66. The third kappa shape index (κ3) is 2.12. The van der Waals surface area contributed by atoms with Gasteiger partial charge in [-0.3, -0.25) is 4.48 Å². The predicted octanol–water partition coefficient (Wildman–Crippen LogP) is -1.34. The monoisotopic (exact) mass is 201 g/mol. The van der Waals surface area contributed by atoms with Crippen LogP contribution < -0.4 is 17.0 Å². The number of hydrogen-bond donors (Lipinski definition) is 0. The first-order valence-corrected chi connectivity index (χ1v) is 3.10. The topological polar surface area (TPSA) is 0 Å². The van der Waals surface area contributed by atoms with E-state index in [1.165, 1.54) is 0 Å². The summed E-state index contributed by atoms with van der Waals surface area (Å²) in [6, 6.07) is 0. The van der Waals surface area contributed by atoms with Gasteiger partial charge in [0.1, 0.15) is 12.7 Å². The maximum atomic E-state index is 3.74. The number of halogens is 1. The highest BCUT2D eigenvalue weighted by atomic mass is 79.9. The zero-order chi connectivity index (χ0) is 6.74. The molecular formula is C8H12BrN. The Bertz CT molecular complexity index is 172. The Balaban J connectivity index is 0.000000810. The Morgan fingerprint density at radius 3 is 2.50 bits per heavy atom. The molecule has 0 aromatic heterocycles. The third-order valence-corrected chi connectivity index (χ3v) is 1.59. The molecule has 0 spiro atoms. The quantitative estimate of drug-likeness (QED) is 0.462. The van der Waals surface area contributed by atoms with E-state index < -0.39 is 0 Å². The molecule has 0 amide bonds. The summed E-state index contributed by atoms with van der Waals surface area (Å²) in [5, 5.41) is 0. The van der Waals surface area contributed by atoms with Gasteiger partial charge in [0.15, 0.2) is 0 Å². The van der Waals surface area contributed by atoms with Crippen molar-refractivity contribution < 1.29 is 21.5 Å². The van der Waals surface area contributed by atoms with Crippen LogP contribution >= 0.6 is 0 Å². The Kier molecular flexibility index (Phi) is 3.61. The van der Waals surface area contributed by atoms with Gasteiger partial charge in [-0.05, 0) is 18.7 Å². The fourth-order valence-corrected chi connectivity index (χ4v) is 0.809. The molecule has 0 N–H and O–H groups in total. The summed E-state index contributed by atoms with van der Waals surface area (Å²) in [6.45, 7) is 4.77. The van der Waals surface area contributed by atoms with Gasteiger partial charge in [-0.25, -0.2) is 0 Å². The first-order chi connectivity index (χ1) is 4.27. The van der Waals surface area contributed by atoms with Crippen molar-refractivity contribution in [3.8, 4) is 0 Å². The second-order valence-corrected chi connectivity index (χ2v) is 2.48. The highest BCUT2D eigenvalue weighted by molar-refractivity contribution is 5.04. The second-order valence-electron chi connectivity index (χ2n) is 2.48. The van der Waals surface area contributed by atoms with E-state index in [9.17, 15) is 0 Å². The molecule has 0 bridgehead atoms. The average Bonchev–Trinajstić information content (AvgIpc) is 1.90. The van der Waals surface area contributed by atoms with Crippen molar-refractivity contribution >= 4 is 0 Å². The SMILES string of the molecule is C=C[N+]1(C)C=CC=CC1.[Br-]. The van der Waals surface area contributed by atoms with Crippen molar-refractivity contribution in [2.45, 2.75) is 0 Å². The van der Waals surface area contributed by atoms with Gasteiger partial charge in [0.05, 0.1) is 13.2 Å². The lowest BCUT2D eigenvalue weighted by atomic mass is 10.3. The van der Waals surface area contributed by atoms with Gasteiger partial charge in [0.2, 0.25) is 0 Å². The molecule has 0 saturated heterocycles. The molecule has 10 heavy (non-hydrogen) atoms. The van der Waals surface area contributed by atoms with E-state index in [2.05, 4.69) is 32.0 Å². The van der Waals surface area contributed by atoms with E-state index >= 15 is 0 Å². The minimum Gasteiger partial charge on any atom is -1.00 e. The van der Waals surface area contributed by atoms with Gasteiger partial charge in [-0.1, -0.05) is 6.08 Å². The lowest BCUT2D eigenvalue weighted by molar-refractivity contribution is -0.800. The highest BCUT2D eigenvalue weighted by Crippen LogP contribution is 2.08. The van der Waals surface area contributed by atoms with Crippen molar-refractivity contribution in [3.05, 3.63) is 37.2 Å². The van der Waals surface area contributed by atoms with Crippen LogP contribution in [0.5, 0.6) is 0 Å². The number of hydrogen-bond acceptors (Lipinski definition) is 0. The molecule has 2 heteroatoms. The standard InChI is InChI=1S/C8H12N.BrH/c1-3-9(2)7-5-4-6-8-9;/h3-7H,1,8H2,2H3;1H/q+1;/p-1. The molecule has 0 aromatic rings. The Hall–Kier alpha value is -0.340. The summed E-state index contributed by atoms with van der Waals surface area (Å²) in [5.74, 6) is 0. The van der Waals surface area contributed by atoms with Crippen LogP contribution in [0.15, 0.2) is 37.2 Å². The van der Waals surface area contributed by atoms with Gasteiger partial charge < -0.3 is 17.0 Å². The Morgan fingerprint density at radius 1 is 1.50 bits per heavy atom. The minimum atomic E-state index is 0. The molecule has 1 aliphatic rings. The van der Waals surface area contributed by atoms with Crippen molar-refractivity contribution in [1.82, 2.24) is 0 Å². The van der Waals surface area contributed by atoms with E-state index in [-0.39, 0.29) is 17.0 Å². The van der Waals surface area contributed by atoms with Crippen LogP contribution in [0.1, 0.15) is 0 Å². The van der Waals surface area contributed by atoms with E-state index in [0.717, 1.165) is 11.0 Å². The Labute approximate surface area is 72.7 Å². The summed E-state index contributed by atoms with van der Waals surface area (Å²) in [7, 11) is 2.12. The fraction of sp³-hybridized carbons (Fsp3) is 0.250. The zero-order valence-corrected chi connectivity index (χ0v) is 7.71. The molecule has 1 aliphatic heterocycles. The summed E-state index contributed by atoms with van der Waals surface area (Å²) in [4.78, 5) is 0. The second kappa shape index (κ2) is 3.74. The van der Waals surface area contributed by atoms with Crippen molar-refractivity contribution in [1.29, 1.82) is 0 Å². The molecular weight excluding hydrogens is 190 g/mol. The normalized spacial score (nSPS) is 29.3. The van der Waals surface area contributed by atoms with E-state index in [4.69, 9.17) is 0 Å². The molecule has 1 nitrogen and oxygen atoms in total. The molecule has 56 valence electrons. The summed E-state index contributed by atoms with van der Waals surface area (Å²) in [6.07, 6.45) is 10.3. The van der Waals surface area contributed by atoms with Gasteiger partial charge in [-0.2, -0.15) is 0 Å². The smallest absolute Gasteiger partial charge is 0.106 e. The lowest BCUT2D eigenvalue weighted by Gasteiger charge is -2.24. The molecule has 1 unspecified atom stereocenters. The average molecular weight is 202 g/mol. The maximum absolute atomic E-state index is 3.74.